The van der Waals surface area contributed by atoms with Crippen LogP contribution in [0, 0.1) is 19.8 Å². The van der Waals surface area contributed by atoms with Crippen LogP contribution in [0.5, 0.6) is 5.75 Å². The number of imide groups is 1. The molecular weight excluding hydrogens is 797 g/mol. The highest BCUT2D eigenvalue weighted by Gasteiger charge is 2.47. The molecule has 4 saturated heterocycles. The van der Waals surface area contributed by atoms with Gasteiger partial charge in [-0.05, 0) is 98.7 Å². The monoisotopic (exact) mass is 847 g/mol. The summed E-state index contributed by atoms with van der Waals surface area (Å²) in [5.74, 6) is -2.79. The van der Waals surface area contributed by atoms with Crippen LogP contribution >= 0.6 is 0 Å². The number of amides is 4. The molecule has 2 aromatic heterocycles. The number of carbonyl (C=O) groups excluding carboxylic acids is 3. The van der Waals surface area contributed by atoms with Gasteiger partial charge in [0.25, 0.3) is 11.8 Å². The Morgan fingerprint density at radius 2 is 1.74 bits per heavy atom. The number of benzene rings is 3. The number of anilines is 3. The quantitative estimate of drug-likeness (QED) is 0.158. The van der Waals surface area contributed by atoms with Gasteiger partial charge in [0.2, 0.25) is 5.91 Å². The zero-order chi connectivity index (χ0) is 43.3. The third kappa shape index (κ3) is 7.92. The third-order valence-electron chi connectivity index (χ3n) is 13.0. The van der Waals surface area contributed by atoms with Crippen LogP contribution in [0.2, 0.25) is 0 Å². The minimum absolute atomic E-state index is 0.0455. The number of para-hydroxylation sites is 1. The number of carbonyl (C=O) groups is 3. The van der Waals surface area contributed by atoms with E-state index in [9.17, 15) is 19.5 Å². The molecule has 4 amide bonds. The molecule has 0 saturated carbocycles. The summed E-state index contributed by atoms with van der Waals surface area (Å²) in [5, 5.41) is 21.9. The highest BCUT2D eigenvalue weighted by atomic mass is 19.3. The number of phenolic OH excluding ortho intramolecular Hbond substituents is 1. The average Bonchev–Trinajstić information content (AvgIpc) is 3.59. The van der Waals surface area contributed by atoms with Crippen LogP contribution in [0.25, 0.3) is 22.2 Å². The summed E-state index contributed by atoms with van der Waals surface area (Å²) in [6.45, 7) is 7.43. The van der Waals surface area contributed by atoms with Gasteiger partial charge >= 0.3 is 6.03 Å². The average molecular weight is 848 g/mol. The number of hydrogen-bond donors (Lipinski definition) is 3. The Hall–Kier alpha value is -6.13. The van der Waals surface area contributed by atoms with E-state index in [-0.39, 0.29) is 61.3 Å². The molecule has 5 aromatic rings. The van der Waals surface area contributed by atoms with E-state index in [1.165, 1.54) is 4.90 Å². The number of aromatic hydroxyl groups is 1. The molecule has 0 spiro atoms. The number of nitrogens with zero attached hydrogens (tertiary/aromatic N) is 7. The minimum Gasteiger partial charge on any atom is -0.507 e. The van der Waals surface area contributed by atoms with Crippen LogP contribution in [0.15, 0.2) is 72.8 Å². The van der Waals surface area contributed by atoms with Crippen molar-refractivity contribution in [3.8, 4) is 17.0 Å². The van der Waals surface area contributed by atoms with Gasteiger partial charge in [-0.15, -0.1) is 10.2 Å². The number of nitrogen functional groups attached to an aromatic ring is 1. The first-order valence-corrected chi connectivity index (χ1v) is 21.3. The van der Waals surface area contributed by atoms with Crippen LogP contribution in [-0.4, -0.2) is 112 Å². The largest absolute Gasteiger partial charge is 0.507 e. The third-order valence-corrected chi connectivity index (χ3v) is 13.0. The molecule has 324 valence electrons. The Morgan fingerprint density at radius 3 is 2.50 bits per heavy atom. The van der Waals surface area contributed by atoms with Crippen molar-refractivity contribution in [2.24, 2.45) is 5.92 Å². The van der Waals surface area contributed by atoms with E-state index >= 15 is 8.78 Å². The predicted molar refractivity (Wildman–Crippen MR) is 231 cm³/mol. The lowest BCUT2D eigenvalue weighted by Crippen LogP contribution is -2.51. The Morgan fingerprint density at radius 1 is 0.935 bits per heavy atom. The zero-order valence-electron chi connectivity index (χ0n) is 34.9. The Labute approximate surface area is 358 Å². The van der Waals surface area contributed by atoms with Crippen LogP contribution in [0.4, 0.5) is 30.8 Å². The van der Waals surface area contributed by atoms with Crippen molar-refractivity contribution in [2.45, 2.75) is 57.6 Å². The second kappa shape index (κ2) is 16.6. The highest BCUT2D eigenvalue weighted by molar-refractivity contribution is 6.09. The molecule has 2 atom stereocenters. The Bertz CT molecular complexity index is 2540. The summed E-state index contributed by atoms with van der Waals surface area (Å²) >= 11 is 0. The van der Waals surface area contributed by atoms with Crippen molar-refractivity contribution in [3.05, 3.63) is 95.2 Å². The standard InChI is InChI=1S/C46H51F2N9O5/c1-28-22-31(10-11-32(28)40-26-55(20-21-62-40)38-24-35(51-52-43(38)49)33-6-3-4-9-39(33)58)44(60)54-17-12-30(13-18-54)25-53-16-14-41(46(47,48)27-53)57-29(2)23-34-36(7-5-8-37(34)57)56-19-15-42(59)50-45(56)61/h3-11,22-24,30,40-41,58H,12-21,25-27H2,1-2H3,(H2,49,52)(H,50,59,61)/t40-,41?/m1/s1. The van der Waals surface area contributed by atoms with Crippen LogP contribution in [0.3, 0.4) is 0 Å². The second-order valence-electron chi connectivity index (χ2n) is 17.1. The first kappa shape index (κ1) is 41.2. The summed E-state index contributed by atoms with van der Waals surface area (Å²) in [5.41, 5.74) is 12.5. The summed E-state index contributed by atoms with van der Waals surface area (Å²) in [7, 11) is 0. The predicted octanol–water partition coefficient (Wildman–Crippen LogP) is 6.46. The highest BCUT2D eigenvalue weighted by Crippen LogP contribution is 2.42. The van der Waals surface area contributed by atoms with Crippen molar-refractivity contribution >= 4 is 45.9 Å². The number of ether oxygens (including phenoxy) is 1. The van der Waals surface area contributed by atoms with Crippen molar-refractivity contribution in [2.75, 3.05) is 74.5 Å². The van der Waals surface area contributed by atoms with Gasteiger partial charge in [-0.25, -0.2) is 13.6 Å². The molecule has 14 nitrogen and oxygen atoms in total. The number of piperidine rings is 2. The molecule has 4 fully saturated rings. The number of halogens is 2. The van der Waals surface area contributed by atoms with Crippen molar-refractivity contribution in [3.63, 3.8) is 0 Å². The maximum absolute atomic E-state index is 16.2. The van der Waals surface area contributed by atoms with Gasteiger partial charge in [-0.1, -0.05) is 24.3 Å². The van der Waals surface area contributed by atoms with Gasteiger partial charge in [0.05, 0.1) is 35.7 Å². The maximum atomic E-state index is 16.2. The number of rotatable bonds is 8. The van der Waals surface area contributed by atoms with Crippen LogP contribution < -0.4 is 20.9 Å². The number of aromatic nitrogens is 3. The molecule has 6 heterocycles. The summed E-state index contributed by atoms with van der Waals surface area (Å²) in [6.07, 6.45) is 1.64. The fraction of sp³-hybridized carbons (Fsp3) is 0.413. The van der Waals surface area contributed by atoms with Crippen molar-refractivity contribution in [1.82, 2.24) is 29.9 Å². The number of likely N-dealkylation sites (tertiary alicyclic amines) is 2. The first-order chi connectivity index (χ1) is 29.8. The smallest absolute Gasteiger partial charge is 0.328 e. The lowest BCUT2D eigenvalue weighted by molar-refractivity contribution is -0.120. The van der Waals surface area contributed by atoms with Gasteiger partial charge < -0.3 is 29.9 Å². The van der Waals surface area contributed by atoms with Gasteiger partial charge in [-0.2, -0.15) is 0 Å². The first-order valence-electron chi connectivity index (χ1n) is 21.3. The number of nitrogens with two attached hydrogens (primary N) is 1. The van der Waals surface area contributed by atoms with E-state index in [1.54, 1.807) is 34.9 Å². The minimum atomic E-state index is -3.00. The normalized spacial score (nSPS) is 21.4. The molecule has 1 unspecified atom stereocenters. The van der Waals surface area contributed by atoms with E-state index < -0.39 is 18.0 Å². The number of urea groups is 1. The SMILES string of the molecule is Cc1cc(C(=O)N2CCC(CN3CCC(n4c(C)cc5c(N6CCC(=O)NC6=O)cccc54)C(F)(F)C3)CC2)ccc1[C@H]1CN(c2cc(-c3ccccc3O)nnc2N)CCO1. The zero-order valence-corrected chi connectivity index (χ0v) is 34.9. The van der Waals surface area contributed by atoms with Gasteiger partial charge in [0, 0.05) is 74.4 Å². The molecule has 3 aromatic carbocycles. The van der Waals surface area contributed by atoms with Crippen LogP contribution in [-0.2, 0) is 9.53 Å². The number of alkyl halides is 2. The molecule has 4 N–H and O–H groups in total. The summed E-state index contributed by atoms with van der Waals surface area (Å²) in [6, 6.07) is 20.2. The topological polar surface area (TPSA) is 162 Å². The molecule has 62 heavy (non-hydrogen) atoms. The number of morpholine rings is 1. The fourth-order valence-electron chi connectivity index (χ4n) is 9.84. The number of hydrogen-bond acceptors (Lipinski definition) is 10. The Kier molecular flexibility index (Phi) is 11.1. The van der Waals surface area contributed by atoms with E-state index in [2.05, 4.69) is 20.4 Å². The van der Waals surface area contributed by atoms with E-state index in [0.717, 1.165) is 24.0 Å². The number of phenols is 1. The van der Waals surface area contributed by atoms with Crippen LogP contribution in [0.1, 0.15) is 65.0 Å². The molecule has 9 rings (SSSR count). The van der Waals surface area contributed by atoms with Crippen molar-refractivity contribution in [1.29, 1.82) is 0 Å². The van der Waals surface area contributed by atoms with Gasteiger partial charge in [0.15, 0.2) is 5.82 Å². The maximum Gasteiger partial charge on any atom is 0.328 e. The van der Waals surface area contributed by atoms with Gasteiger partial charge in [0.1, 0.15) is 17.9 Å². The molecule has 4 aliphatic rings. The lowest BCUT2D eigenvalue weighted by atomic mass is 9.93. The van der Waals surface area contributed by atoms with E-state index in [1.807, 2.05) is 66.1 Å². The lowest BCUT2D eigenvalue weighted by Gasteiger charge is -2.42. The number of nitrogens with one attached hydrogen (secondary N) is 1. The second-order valence-corrected chi connectivity index (χ2v) is 17.1. The summed E-state index contributed by atoms with van der Waals surface area (Å²) < 4.78 is 40.3. The molecular formula is C46H51F2N9O5. The van der Waals surface area contributed by atoms with Crippen molar-refractivity contribution < 1.29 is 33.0 Å². The molecule has 16 heteroatoms. The number of aryl methyl sites for hydroxylation is 2. The van der Waals surface area contributed by atoms with E-state index in [4.69, 9.17) is 10.5 Å². The Balaban J connectivity index is 0.799. The molecule has 0 bridgehead atoms. The molecule has 0 radical (unpaired) electrons. The van der Waals surface area contributed by atoms with Gasteiger partial charge in [-0.3, -0.25) is 24.7 Å². The molecule has 0 aliphatic carbocycles. The fourth-order valence-corrected chi connectivity index (χ4v) is 9.84. The number of fused-ring (bicyclic) bond motifs is 1. The summed E-state index contributed by atoms with van der Waals surface area (Å²) in [4.78, 5) is 45.5. The van der Waals surface area contributed by atoms with E-state index in [0.29, 0.717) is 90.7 Å². The molecule has 4 aliphatic heterocycles.